The van der Waals surface area contributed by atoms with Crippen molar-refractivity contribution >= 4 is 0 Å². The van der Waals surface area contributed by atoms with Gasteiger partial charge in [0.2, 0.25) is 0 Å². The normalized spacial score (nSPS) is 30.2. The number of rotatable bonds is 0. The standard InChI is InChI=1S/C9H12N2O/c10-8-6-5-11-12-7(6)1-2-9(8)3-4-9/h5,8H,1-4,10H2. The Bertz CT molecular complexity index is 314. The summed E-state index contributed by atoms with van der Waals surface area (Å²) < 4.78 is 5.12. The molecule has 1 spiro atoms. The molecule has 1 atom stereocenters. The lowest BCUT2D eigenvalue weighted by molar-refractivity contribution is 0.306. The molecule has 3 heteroatoms. The monoisotopic (exact) mass is 164 g/mol. The molecule has 2 aliphatic rings. The maximum absolute atomic E-state index is 6.13. The summed E-state index contributed by atoms with van der Waals surface area (Å²) in [7, 11) is 0. The van der Waals surface area contributed by atoms with E-state index in [-0.39, 0.29) is 6.04 Å². The van der Waals surface area contributed by atoms with E-state index in [1.54, 1.807) is 6.20 Å². The molecule has 1 saturated carbocycles. The molecule has 0 radical (unpaired) electrons. The van der Waals surface area contributed by atoms with E-state index >= 15 is 0 Å². The van der Waals surface area contributed by atoms with Crippen LogP contribution in [0.25, 0.3) is 0 Å². The van der Waals surface area contributed by atoms with E-state index in [9.17, 15) is 0 Å². The zero-order valence-electron chi connectivity index (χ0n) is 6.92. The lowest BCUT2D eigenvalue weighted by Gasteiger charge is -2.26. The van der Waals surface area contributed by atoms with Gasteiger partial charge in [-0.05, 0) is 24.7 Å². The fraction of sp³-hybridized carbons (Fsp3) is 0.667. The molecule has 0 bridgehead atoms. The van der Waals surface area contributed by atoms with Gasteiger partial charge in [0.25, 0.3) is 0 Å². The lowest BCUT2D eigenvalue weighted by atomic mass is 9.81. The number of fused-ring (bicyclic) bond motifs is 1. The highest BCUT2D eigenvalue weighted by Crippen LogP contribution is 2.59. The Morgan fingerprint density at radius 1 is 1.50 bits per heavy atom. The summed E-state index contributed by atoms with van der Waals surface area (Å²) in [4.78, 5) is 0. The van der Waals surface area contributed by atoms with E-state index in [2.05, 4.69) is 5.16 Å². The first-order valence-electron chi connectivity index (χ1n) is 4.51. The zero-order valence-corrected chi connectivity index (χ0v) is 6.92. The molecule has 0 aliphatic heterocycles. The van der Waals surface area contributed by atoms with E-state index in [1.165, 1.54) is 19.3 Å². The van der Waals surface area contributed by atoms with Crippen LogP contribution < -0.4 is 5.73 Å². The van der Waals surface area contributed by atoms with Crippen molar-refractivity contribution in [2.75, 3.05) is 0 Å². The van der Waals surface area contributed by atoms with Gasteiger partial charge >= 0.3 is 0 Å². The van der Waals surface area contributed by atoms with Crippen LogP contribution in [0.2, 0.25) is 0 Å². The molecule has 64 valence electrons. The van der Waals surface area contributed by atoms with Crippen LogP contribution in [0.5, 0.6) is 0 Å². The highest BCUT2D eigenvalue weighted by molar-refractivity contribution is 5.27. The molecule has 1 aromatic rings. The van der Waals surface area contributed by atoms with Gasteiger partial charge in [-0.1, -0.05) is 5.16 Å². The van der Waals surface area contributed by atoms with Crippen molar-refractivity contribution in [1.82, 2.24) is 5.16 Å². The van der Waals surface area contributed by atoms with Crippen molar-refractivity contribution in [3.8, 4) is 0 Å². The third kappa shape index (κ3) is 0.672. The molecule has 2 aliphatic carbocycles. The summed E-state index contributed by atoms with van der Waals surface area (Å²) in [6, 6.07) is 0.187. The first kappa shape index (κ1) is 6.66. The highest BCUT2D eigenvalue weighted by atomic mass is 16.5. The summed E-state index contributed by atoms with van der Waals surface area (Å²) in [5, 5.41) is 3.79. The minimum atomic E-state index is 0.187. The van der Waals surface area contributed by atoms with Gasteiger partial charge in [0.1, 0.15) is 5.76 Å². The molecule has 1 aromatic heterocycles. The smallest absolute Gasteiger partial charge is 0.141 e. The summed E-state index contributed by atoms with van der Waals surface area (Å²) in [6.07, 6.45) is 6.59. The lowest BCUT2D eigenvalue weighted by Crippen LogP contribution is -2.27. The van der Waals surface area contributed by atoms with Crippen LogP contribution in [-0.4, -0.2) is 5.16 Å². The number of nitrogens with two attached hydrogens (primary N) is 1. The van der Waals surface area contributed by atoms with Gasteiger partial charge in [0.15, 0.2) is 0 Å². The molecule has 0 aromatic carbocycles. The summed E-state index contributed by atoms with van der Waals surface area (Å²) in [5.41, 5.74) is 7.71. The van der Waals surface area contributed by atoms with Crippen molar-refractivity contribution in [3.05, 3.63) is 17.5 Å². The molecule has 3 nitrogen and oxygen atoms in total. The van der Waals surface area contributed by atoms with Crippen LogP contribution in [0.15, 0.2) is 10.7 Å². The molecule has 1 heterocycles. The van der Waals surface area contributed by atoms with Crippen LogP contribution in [0.3, 0.4) is 0 Å². The number of hydrogen-bond acceptors (Lipinski definition) is 3. The predicted octanol–water partition coefficient (Wildman–Crippen LogP) is 1.40. The second-order valence-corrected chi connectivity index (χ2v) is 4.04. The van der Waals surface area contributed by atoms with Crippen LogP contribution in [0.4, 0.5) is 0 Å². The first-order chi connectivity index (χ1) is 5.82. The molecule has 2 N–H and O–H groups in total. The fourth-order valence-electron chi connectivity index (χ4n) is 2.28. The van der Waals surface area contributed by atoms with Crippen molar-refractivity contribution < 1.29 is 4.52 Å². The molecular formula is C9H12N2O. The van der Waals surface area contributed by atoms with E-state index in [4.69, 9.17) is 10.3 Å². The number of hydrogen-bond donors (Lipinski definition) is 1. The molecular weight excluding hydrogens is 152 g/mol. The fourth-order valence-corrected chi connectivity index (χ4v) is 2.28. The topological polar surface area (TPSA) is 52.0 Å². The van der Waals surface area contributed by atoms with Gasteiger partial charge in [0.05, 0.1) is 6.20 Å². The Morgan fingerprint density at radius 3 is 3.08 bits per heavy atom. The van der Waals surface area contributed by atoms with Gasteiger partial charge in [-0.3, -0.25) is 0 Å². The number of aromatic nitrogens is 1. The number of aryl methyl sites for hydroxylation is 1. The second-order valence-electron chi connectivity index (χ2n) is 4.04. The molecule has 1 unspecified atom stereocenters. The first-order valence-corrected chi connectivity index (χ1v) is 4.51. The van der Waals surface area contributed by atoms with Gasteiger partial charge in [0, 0.05) is 18.0 Å². The molecule has 0 amide bonds. The Hall–Kier alpha value is -0.830. The van der Waals surface area contributed by atoms with E-state index in [0.29, 0.717) is 5.41 Å². The highest BCUT2D eigenvalue weighted by Gasteiger charge is 2.51. The molecule has 1 fully saturated rings. The van der Waals surface area contributed by atoms with Gasteiger partial charge in [-0.15, -0.1) is 0 Å². The zero-order chi connectivity index (χ0) is 8.18. The average molecular weight is 164 g/mol. The van der Waals surface area contributed by atoms with Gasteiger partial charge < -0.3 is 10.3 Å². The van der Waals surface area contributed by atoms with Gasteiger partial charge in [-0.2, -0.15) is 0 Å². The maximum Gasteiger partial charge on any atom is 0.141 e. The quantitative estimate of drug-likeness (QED) is 0.630. The third-order valence-electron chi connectivity index (χ3n) is 3.41. The van der Waals surface area contributed by atoms with Crippen molar-refractivity contribution in [3.63, 3.8) is 0 Å². The van der Waals surface area contributed by atoms with Crippen molar-refractivity contribution in [2.45, 2.75) is 31.7 Å². The molecule has 12 heavy (non-hydrogen) atoms. The van der Waals surface area contributed by atoms with E-state index in [0.717, 1.165) is 17.7 Å². The molecule has 0 saturated heterocycles. The Balaban J connectivity index is 2.07. The Kier molecular flexibility index (Phi) is 1.06. The number of nitrogens with zero attached hydrogens (tertiary/aromatic N) is 1. The maximum atomic E-state index is 6.13. The average Bonchev–Trinajstić information content (AvgIpc) is 2.69. The molecule has 3 rings (SSSR count). The third-order valence-corrected chi connectivity index (χ3v) is 3.41. The predicted molar refractivity (Wildman–Crippen MR) is 43.4 cm³/mol. The van der Waals surface area contributed by atoms with Crippen LogP contribution in [-0.2, 0) is 6.42 Å². The summed E-state index contributed by atoms with van der Waals surface area (Å²) >= 11 is 0. The Morgan fingerprint density at radius 2 is 2.33 bits per heavy atom. The van der Waals surface area contributed by atoms with Gasteiger partial charge in [-0.25, -0.2) is 0 Å². The minimum absolute atomic E-state index is 0.187. The van der Waals surface area contributed by atoms with Crippen LogP contribution >= 0.6 is 0 Å². The summed E-state index contributed by atoms with van der Waals surface area (Å²) in [5.74, 6) is 1.01. The minimum Gasteiger partial charge on any atom is -0.361 e. The largest absolute Gasteiger partial charge is 0.361 e. The van der Waals surface area contributed by atoms with Crippen molar-refractivity contribution in [1.29, 1.82) is 0 Å². The second kappa shape index (κ2) is 1.91. The van der Waals surface area contributed by atoms with Crippen molar-refractivity contribution in [2.24, 2.45) is 11.1 Å². The van der Waals surface area contributed by atoms with Crippen LogP contribution in [0, 0.1) is 5.41 Å². The Labute approximate surface area is 70.9 Å². The SMILES string of the molecule is NC1c2cnoc2CCC12CC2. The van der Waals surface area contributed by atoms with Crippen LogP contribution in [0.1, 0.15) is 36.6 Å². The van der Waals surface area contributed by atoms with E-state index in [1.807, 2.05) is 0 Å². The van der Waals surface area contributed by atoms with E-state index < -0.39 is 0 Å². The summed E-state index contributed by atoms with van der Waals surface area (Å²) in [6.45, 7) is 0.